The normalized spacial score (nSPS) is 16.4. The quantitative estimate of drug-likeness (QED) is 0.880. The van der Waals surface area contributed by atoms with Crippen molar-refractivity contribution in [1.82, 2.24) is 9.55 Å². The van der Waals surface area contributed by atoms with Gasteiger partial charge in [0.05, 0.1) is 6.04 Å². The van der Waals surface area contributed by atoms with Crippen LogP contribution in [0.15, 0.2) is 40.4 Å². The number of nitrogens with zero attached hydrogens (tertiary/aromatic N) is 2. The Hall–Kier alpha value is -2.22. The number of hydrogen-bond acceptors (Lipinski definition) is 4. The maximum Gasteiger partial charge on any atom is 0.254 e. The number of benzene rings is 1. The minimum Gasteiger partial charge on any atom is -0.326 e. The Balaban J connectivity index is 1.71. The summed E-state index contributed by atoms with van der Waals surface area (Å²) >= 11 is 1.41. The lowest BCUT2D eigenvalue weighted by atomic mass is 10.2. The fraction of sp³-hybridized carbons (Fsp3) is 0.214. The third-order valence-corrected chi connectivity index (χ3v) is 4.35. The zero-order valence-electron chi connectivity index (χ0n) is 11.3. The van der Waals surface area contributed by atoms with Gasteiger partial charge in [-0.2, -0.15) is 0 Å². The zero-order chi connectivity index (χ0) is 15.7. The molecule has 2 aromatic rings. The minimum absolute atomic E-state index is 0.0601. The molecule has 1 aromatic carbocycles. The van der Waals surface area contributed by atoms with Gasteiger partial charge in [0.25, 0.3) is 5.56 Å². The van der Waals surface area contributed by atoms with Crippen LogP contribution in [0.1, 0.15) is 12.5 Å². The molecule has 0 aliphatic carbocycles. The van der Waals surface area contributed by atoms with Crippen molar-refractivity contribution in [1.29, 1.82) is 0 Å². The van der Waals surface area contributed by atoms with E-state index in [9.17, 15) is 18.4 Å². The second kappa shape index (κ2) is 5.88. The van der Waals surface area contributed by atoms with E-state index < -0.39 is 11.6 Å². The Kier molecular flexibility index (Phi) is 3.93. The van der Waals surface area contributed by atoms with Gasteiger partial charge in [-0.05, 0) is 12.1 Å². The number of carbonyl (C=O) groups excluding carboxylic acids is 1. The van der Waals surface area contributed by atoms with E-state index in [-0.39, 0.29) is 29.6 Å². The van der Waals surface area contributed by atoms with Crippen molar-refractivity contribution in [3.63, 3.8) is 0 Å². The molecule has 0 spiro atoms. The van der Waals surface area contributed by atoms with E-state index in [1.807, 2.05) is 0 Å². The molecule has 1 atom stereocenters. The molecular formula is C14H11F2N3O2S. The Morgan fingerprint density at radius 2 is 2.18 bits per heavy atom. The third kappa shape index (κ3) is 2.87. The topological polar surface area (TPSA) is 64.0 Å². The van der Waals surface area contributed by atoms with Crippen LogP contribution in [0.5, 0.6) is 0 Å². The van der Waals surface area contributed by atoms with E-state index in [1.54, 1.807) is 0 Å². The molecular weight excluding hydrogens is 312 g/mol. The number of nitrogens with one attached hydrogen (secondary N) is 1. The molecule has 5 nitrogen and oxygen atoms in total. The Morgan fingerprint density at radius 1 is 1.36 bits per heavy atom. The summed E-state index contributed by atoms with van der Waals surface area (Å²) < 4.78 is 27.4. The molecule has 0 saturated carbocycles. The fourth-order valence-corrected chi connectivity index (χ4v) is 3.36. The van der Waals surface area contributed by atoms with Crippen molar-refractivity contribution in [2.24, 2.45) is 0 Å². The van der Waals surface area contributed by atoms with Gasteiger partial charge in [0.1, 0.15) is 0 Å². The van der Waals surface area contributed by atoms with Crippen LogP contribution in [0.4, 0.5) is 14.5 Å². The van der Waals surface area contributed by atoms with Crippen LogP contribution >= 0.6 is 11.8 Å². The molecule has 1 aliphatic rings. The molecule has 1 amide bonds. The first-order chi connectivity index (χ1) is 10.5. The van der Waals surface area contributed by atoms with E-state index in [0.717, 1.165) is 12.1 Å². The molecule has 0 saturated heterocycles. The number of fused-ring (bicyclic) bond motifs is 1. The van der Waals surface area contributed by atoms with Crippen molar-refractivity contribution < 1.29 is 13.6 Å². The monoisotopic (exact) mass is 323 g/mol. The number of aromatic nitrogens is 2. The van der Waals surface area contributed by atoms with Crippen LogP contribution in [0.2, 0.25) is 0 Å². The Morgan fingerprint density at radius 3 is 2.95 bits per heavy atom. The van der Waals surface area contributed by atoms with Crippen molar-refractivity contribution in [2.45, 2.75) is 17.6 Å². The zero-order valence-corrected chi connectivity index (χ0v) is 12.1. The number of hydrogen-bond donors (Lipinski definition) is 1. The standard InChI is InChI=1S/C14H11F2N3O2S/c15-10-2-1-8(5-11(10)16)18-12(20)6-9-7-22-14-17-4-3-13(21)19(9)14/h1-5,9H,6-7H2,(H,18,20). The molecule has 0 fully saturated rings. The molecule has 3 rings (SSSR count). The summed E-state index contributed by atoms with van der Waals surface area (Å²) in [7, 11) is 0. The van der Waals surface area contributed by atoms with Crippen LogP contribution < -0.4 is 10.9 Å². The predicted octanol–water partition coefficient (Wildman–Crippen LogP) is 2.20. The van der Waals surface area contributed by atoms with E-state index in [1.165, 1.54) is 34.7 Å². The van der Waals surface area contributed by atoms with Gasteiger partial charge in [-0.3, -0.25) is 14.2 Å². The van der Waals surface area contributed by atoms with Crippen molar-refractivity contribution in [3.8, 4) is 0 Å². The van der Waals surface area contributed by atoms with E-state index in [2.05, 4.69) is 10.3 Å². The lowest BCUT2D eigenvalue weighted by Crippen LogP contribution is -2.26. The highest BCUT2D eigenvalue weighted by Gasteiger charge is 2.26. The summed E-state index contributed by atoms with van der Waals surface area (Å²) in [6, 6.07) is 4.18. The lowest BCUT2D eigenvalue weighted by molar-refractivity contribution is -0.116. The van der Waals surface area contributed by atoms with Crippen LogP contribution in [-0.2, 0) is 4.79 Å². The van der Waals surface area contributed by atoms with Gasteiger partial charge in [0, 0.05) is 36.2 Å². The third-order valence-electron chi connectivity index (χ3n) is 3.24. The summed E-state index contributed by atoms with van der Waals surface area (Å²) in [4.78, 5) is 27.9. The van der Waals surface area contributed by atoms with Gasteiger partial charge in [-0.1, -0.05) is 11.8 Å². The van der Waals surface area contributed by atoms with Gasteiger partial charge < -0.3 is 5.32 Å². The predicted molar refractivity (Wildman–Crippen MR) is 77.9 cm³/mol. The average molecular weight is 323 g/mol. The second-order valence-electron chi connectivity index (χ2n) is 4.78. The molecule has 2 heterocycles. The molecule has 1 aromatic heterocycles. The molecule has 0 bridgehead atoms. The lowest BCUT2D eigenvalue weighted by Gasteiger charge is -2.13. The second-order valence-corrected chi connectivity index (χ2v) is 5.77. The minimum atomic E-state index is -1.03. The largest absolute Gasteiger partial charge is 0.326 e. The highest BCUT2D eigenvalue weighted by molar-refractivity contribution is 7.99. The molecule has 1 aliphatic heterocycles. The van der Waals surface area contributed by atoms with Crippen molar-refractivity contribution in [2.75, 3.05) is 11.1 Å². The van der Waals surface area contributed by atoms with Gasteiger partial charge in [0.15, 0.2) is 16.8 Å². The van der Waals surface area contributed by atoms with Crippen LogP contribution in [0.3, 0.4) is 0 Å². The van der Waals surface area contributed by atoms with E-state index >= 15 is 0 Å². The average Bonchev–Trinajstić information content (AvgIpc) is 2.87. The first kappa shape index (κ1) is 14.7. The number of amides is 1. The van der Waals surface area contributed by atoms with Crippen LogP contribution in [0, 0.1) is 11.6 Å². The molecule has 0 radical (unpaired) electrons. The molecule has 1 N–H and O–H groups in total. The number of carbonyl (C=O) groups is 1. The van der Waals surface area contributed by atoms with Crippen LogP contribution in [0.25, 0.3) is 0 Å². The summed E-state index contributed by atoms with van der Waals surface area (Å²) in [6.45, 7) is 0. The summed E-state index contributed by atoms with van der Waals surface area (Å²) in [5.41, 5.74) is -0.0334. The summed E-state index contributed by atoms with van der Waals surface area (Å²) in [6.07, 6.45) is 1.50. The van der Waals surface area contributed by atoms with Gasteiger partial charge in [-0.15, -0.1) is 0 Å². The van der Waals surface area contributed by atoms with Crippen molar-refractivity contribution >= 4 is 23.4 Å². The highest BCUT2D eigenvalue weighted by atomic mass is 32.2. The van der Waals surface area contributed by atoms with Crippen molar-refractivity contribution in [3.05, 3.63) is 52.5 Å². The fourth-order valence-electron chi connectivity index (χ4n) is 2.24. The van der Waals surface area contributed by atoms with Gasteiger partial charge >= 0.3 is 0 Å². The number of halogens is 2. The highest BCUT2D eigenvalue weighted by Crippen LogP contribution is 2.31. The van der Waals surface area contributed by atoms with Gasteiger partial charge in [0.2, 0.25) is 5.91 Å². The first-order valence-electron chi connectivity index (χ1n) is 6.50. The Bertz CT molecular complexity index is 794. The molecule has 1 unspecified atom stereocenters. The number of rotatable bonds is 3. The SMILES string of the molecule is O=C(CC1CSc2nccc(=O)n21)Nc1ccc(F)c(F)c1. The Labute approximate surface area is 128 Å². The molecule has 8 heteroatoms. The summed E-state index contributed by atoms with van der Waals surface area (Å²) in [5.74, 6) is -1.81. The molecule has 22 heavy (non-hydrogen) atoms. The summed E-state index contributed by atoms with van der Waals surface area (Å²) in [5, 5.41) is 3.08. The number of thioether (sulfide) groups is 1. The first-order valence-corrected chi connectivity index (χ1v) is 7.48. The smallest absolute Gasteiger partial charge is 0.254 e. The maximum absolute atomic E-state index is 13.1. The number of anilines is 1. The maximum atomic E-state index is 13.1. The molecule has 114 valence electrons. The van der Waals surface area contributed by atoms with Gasteiger partial charge in [-0.25, -0.2) is 13.8 Å². The van der Waals surface area contributed by atoms with E-state index in [4.69, 9.17) is 0 Å². The van der Waals surface area contributed by atoms with Crippen LogP contribution in [-0.4, -0.2) is 21.2 Å². The van der Waals surface area contributed by atoms with E-state index in [0.29, 0.717) is 10.9 Å².